The summed E-state index contributed by atoms with van der Waals surface area (Å²) in [5.74, 6) is 0.493. The van der Waals surface area contributed by atoms with E-state index in [1.54, 1.807) is 6.07 Å². The average Bonchev–Trinajstić information content (AvgIpc) is 3.00. The quantitative estimate of drug-likeness (QED) is 0.844. The number of nitrogens with one attached hydrogen (secondary N) is 1. The molecule has 3 nitrogen and oxygen atoms in total. The van der Waals surface area contributed by atoms with Crippen LogP contribution in [0.5, 0.6) is 0 Å². The molecule has 0 spiro atoms. The van der Waals surface area contributed by atoms with E-state index < -0.39 is 10.0 Å². The van der Waals surface area contributed by atoms with Crippen LogP contribution in [0.1, 0.15) is 25.3 Å². The molecule has 1 aromatic carbocycles. The molecule has 1 aliphatic rings. The summed E-state index contributed by atoms with van der Waals surface area (Å²) in [7, 11) is -3.44. The van der Waals surface area contributed by atoms with Gasteiger partial charge in [0.25, 0.3) is 0 Å². The van der Waals surface area contributed by atoms with Crippen molar-refractivity contribution in [2.45, 2.75) is 37.6 Å². The number of hydrogen-bond acceptors (Lipinski definition) is 2. The Morgan fingerprint density at radius 2 is 2.00 bits per heavy atom. The van der Waals surface area contributed by atoms with Crippen molar-refractivity contribution in [3.8, 4) is 0 Å². The monoisotopic (exact) mass is 395 g/mol. The van der Waals surface area contributed by atoms with Gasteiger partial charge in [-0.1, -0.05) is 29.3 Å². The molecule has 0 saturated heterocycles. The third kappa shape index (κ3) is 2.98. The molecule has 1 aromatic rings. The zero-order valence-corrected chi connectivity index (χ0v) is 14.2. The van der Waals surface area contributed by atoms with E-state index in [9.17, 15) is 8.42 Å². The van der Waals surface area contributed by atoms with Gasteiger partial charge in [-0.15, -0.1) is 0 Å². The molecule has 1 N–H and O–H groups in total. The molecule has 2 atom stereocenters. The van der Waals surface area contributed by atoms with Crippen molar-refractivity contribution in [3.05, 3.63) is 26.6 Å². The first kappa shape index (κ1) is 14.5. The lowest BCUT2D eigenvalue weighted by molar-refractivity contribution is 0.575. The second kappa shape index (κ2) is 5.23. The van der Waals surface area contributed by atoms with Crippen LogP contribution in [0.2, 0.25) is 0 Å². The number of aryl methyl sites for hydroxylation is 1. The highest BCUT2D eigenvalue weighted by Crippen LogP contribution is 2.36. The largest absolute Gasteiger partial charge is 0.241 e. The molecule has 1 fully saturated rings. The minimum absolute atomic E-state index is 0.104. The van der Waals surface area contributed by atoms with Gasteiger partial charge in [-0.25, -0.2) is 13.1 Å². The van der Waals surface area contributed by atoms with Gasteiger partial charge in [0.1, 0.15) is 0 Å². The van der Waals surface area contributed by atoms with Crippen molar-refractivity contribution in [3.63, 3.8) is 0 Å². The molecule has 100 valence electrons. The SMILES string of the molecule is CCC1CC1NS(=O)(=O)c1cc(Br)c(C)cc1Br. The Kier molecular flexibility index (Phi) is 4.21. The Morgan fingerprint density at radius 1 is 1.33 bits per heavy atom. The van der Waals surface area contributed by atoms with Crippen LogP contribution in [0.15, 0.2) is 26.0 Å². The molecule has 0 aliphatic heterocycles. The maximum absolute atomic E-state index is 12.3. The van der Waals surface area contributed by atoms with Gasteiger partial charge < -0.3 is 0 Å². The molecule has 6 heteroatoms. The van der Waals surface area contributed by atoms with Crippen molar-refractivity contribution < 1.29 is 8.42 Å². The number of rotatable bonds is 4. The van der Waals surface area contributed by atoms with Crippen LogP contribution < -0.4 is 4.72 Å². The molecule has 1 saturated carbocycles. The topological polar surface area (TPSA) is 46.2 Å². The van der Waals surface area contributed by atoms with Crippen LogP contribution in [0.25, 0.3) is 0 Å². The van der Waals surface area contributed by atoms with E-state index in [1.807, 2.05) is 13.0 Å². The third-order valence-electron chi connectivity index (χ3n) is 3.26. The molecule has 0 radical (unpaired) electrons. The summed E-state index contributed by atoms with van der Waals surface area (Å²) in [4.78, 5) is 0.293. The van der Waals surface area contributed by atoms with E-state index in [1.165, 1.54) is 0 Å². The fourth-order valence-electron chi connectivity index (χ4n) is 1.94. The minimum Gasteiger partial charge on any atom is -0.208 e. The van der Waals surface area contributed by atoms with Crippen molar-refractivity contribution in [2.24, 2.45) is 5.92 Å². The second-order valence-corrected chi connectivity index (χ2v) is 8.05. The maximum Gasteiger partial charge on any atom is 0.241 e. The Bertz CT molecular complexity index is 572. The lowest BCUT2D eigenvalue weighted by atomic mass is 10.2. The fraction of sp³-hybridized carbons (Fsp3) is 0.500. The summed E-state index contributed by atoms with van der Waals surface area (Å²) in [5, 5.41) is 0. The van der Waals surface area contributed by atoms with Crippen molar-refractivity contribution >= 4 is 41.9 Å². The highest BCUT2D eigenvalue weighted by atomic mass is 79.9. The average molecular weight is 397 g/mol. The van der Waals surface area contributed by atoms with E-state index in [-0.39, 0.29) is 6.04 Å². The number of sulfonamides is 1. The van der Waals surface area contributed by atoms with Gasteiger partial charge in [0.2, 0.25) is 10.0 Å². The highest BCUT2D eigenvalue weighted by molar-refractivity contribution is 9.11. The van der Waals surface area contributed by atoms with Gasteiger partial charge in [0, 0.05) is 15.0 Å². The molecular weight excluding hydrogens is 382 g/mol. The van der Waals surface area contributed by atoms with Gasteiger partial charge >= 0.3 is 0 Å². The lowest BCUT2D eigenvalue weighted by Gasteiger charge is -2.10. The van der Waals surface area contributed by atoms with E-state index in [2.05, 4.69) is 43.5 Å². The normalized spacial score (nSPS) is 23.1. The molecule has 2 rings (SSSR count). The van der Waals surface area contributed by atoms with Gasteiger partial charge in [-0.2, -0.15) is 0 Å². The molecular formula is C12H15Br2NO2S. The lowest BCUT2D eigenvalue weighted by Crippen LogP contribution is -2.27. The molecule has 1 aliphatic carbocycles. The van der Waals surface area contributed by atoms with Crippen LogP contribution in [-0.4, -0.2) is 14.5 Å². The maximum atomic E-state index is 12.3. The van der Waals surface area contributed by atoms with Crippen LogP contribution in [0, 0.1) is 12.8 Å². The van der Waals surface area contributed by atoms with Crippen LogP contribution >= 0.6 is 31.9 Å². The van der Waals surface area contributed by atoms with Crippen LogP contribution in [0.4, 0.5) is 0 Å². The Hall–Kier alpha value is 0.0900. The number of hydrogen-bond donors (Lipinski definition) is 1. The predicted molar refractivity (Wildman–Crippen MR) is 79.1 cm³/mol. The predicted octanol–water partition coefficient (Wildman–Crippen LogP) is 3.60. The van der Waals surface area contributed by atoms with Crippen molar-refractivity contribution in [2.75, 3.05) is 0 Å². The standard InChI is InChI=1S/C12H15Br2NO2S/c1-3-8-5-11(8)15-18(16,17)12-6-9(13)7(2)4-10(12)14/h4,6,8,11,15H,3,5H2,1-2H3. The Morgan fingerprint density at radius 3 is 2.56 bits per heavy atom. The molecule has 0 heterocycles. The van der Waals surface area contributed by atoms with Crippen LogP contribution in [0.3, 0.4) is 0 Å². The number of benzene rings is 1. The first-order valence-electron chi connectivity index (χ1n) is 5.83. The van der Waals surface area contributed by atoms with Gasteiger partial charge in [0.05, 0.1) is 4.90 Å². The van der Waals surface area contributed by atoms with Gasteiger partial charge in [0.15, 0.2) is 0 Å². The molecule has 0 amide bonds. The van der Waals surface area contributed by atoms with E-state index >= 15 is 0 Å². The molecule has 18 heavy (non-hydrogen) atoms. The summed E-state index contributed by atoms with van der Waals surface area (Å²) >= 11 is 6.69. The first-order valence-corrected chi connectivity index (χ1v) is 8.90. The Labute approximate surface area is 125 Å². The van der Waals surface area contributed by atoms with E-state index in [0.717, 1.165) is 22.9 Å². The smallest absolute Gasteiger partial charge is 0.208 e. The second-order valence-electron chi connectivity index (χ2n) is 4.66. The summed E-state index contributed by atoms with van der Waals surface area (Å²) in [6.45, 7) is 4.00. The van der Waals surface area contributed by atoms with Crippen molar-refractivity contribution in [1.82, 2.24) is 4.72 Å². The third-order valence-corrected chi connectivity index (χ3v) is 6.56. The zero-order chi connectivity index (χ0) is 13.5. The number of halogens is 2. The van der Waals surface area contributed by atoms with Gasteiger partial charge in [-0.3, -0.25) is 0 Å². The molecule has 0 aromatic heterocycles. The molecule has 0 bridgehead atoms. The zero-order valence-electron chi connectivity index (χ0n) is 10.2. The fourth-order valence-corrected chi connectivity index (χ4v) is 4.93. The van der Waals surface area contributed by atoms with E-state index in [4.69, 9.17) is 0 Å². The summed E-state index contributed by atoms with van der Waals surface area (Å²) in [6.07, 6.45) is 1.96. The van der Waals surface area contributed by atoms with Gasteiger partial charge in [-0.05, 0) is 52.9 Å². The summed E-state index contributed by atoms with van der Waals surface area (Å²) in [5.41, 5.74) is 0.999. The molecule has 2 unspecified atom stereocenters. The van der Waals surface area contributed by atoms with E-state index in [0.29, 0.717) is 15.3 Å². The first-order chi connectivity index (χ1) is 8.35. The summed E-state index contributed by atoms with van der Waals surface area (Å²) in [6, 6.07) is 3.56. The Balaban J connectivity index is 2.27. The minimum atomic E-state index is -3.44. The van der Waals surface area contributed by atoms with Crippen molar-refractivity contribution in [1.29, 1.82) is 0 Å². The summed E-state index contributed by atoms with van der Waals surface area (Å²) < 4.78 is 28.7. The highest BCUT2D eigenvalue weighted by Gasteiger charge is 2.39. The van der Waals surface area contributed by atoms with Crippen LogP contribution in [-0.2, 0) is 10.0 Å².